The third-order valence-corrected chi connectivity index (χ3v) is 3.48. The van der Waals surface area contributed by atoms with E-state index in [0.717, 1.165) is 28.3 Å². The van der Waals surface area contributed by atoms with Crippen molar-refractivity contribution in [2.24, 2.45) is 0 Å². The zero-order valence-electron chi connectivity index (χ0n) is 13.6. The smallest absolute Gasteiger partial charge is 0.221 e. The Morgan fingerprint density at radius 1 is 1.30 bits per heavy atom. The minimum absolute atomic E-state index is 0.0333. The zero-order chi connectivity index (χ0) is 16.7. The molecule has 5 heteroatoms. The van der Waals surface area contributed by atoms with Gasteiger partial charge in [-0.1, -0.05) is 17.0 Å². The Balaban J connectivity index is 1.75. The first-order chi connectivity index (χ1) is 11.1. The summed E-state index contributed by atoms with van der Waals surface area (Å²) in [5.41, 5.74) is 2.73. The first kappa shape index (κ1) is 16.6. The third-order valence-electron chi connectivity index (χ3n) is 3.48. The number of aromatic nitrogens is 1. The van der Waals surface area contributed by atoms with Crippen LogP contribution in [0.1, 0.15) is 29.0 Å². The first-order valence-electron chi connectivity index (χ1n) is 7.41. The van der Waals surface area contributed by atoms with Crippen LogP contribution in [0.2, 0.25) is 0 Å². The molecule has 120 valence electrons. The van der Waals surface area contributed by atoms with Gasteiger partial charge in [0, 0.05) is 17.5 Å². The molecule has 1 N–H and O–H groups in total. The number of carbonyl (C=O) groups is 1. The fourth-order valence-corrected chi connectivity index (χ4v) is 2.15. The van der Waals surface area contributed by atoms with Crippen LogP contribution in [0.4, 0.5) is 0 Å². The van der Waals surface area contributed by atoms with Crippen molar-refractivity contribution in [3.05, 3.63) is 46.8 Å². The van der Waals surface area contributed by atoms with Crippen LogP contribution in [0.5, 0.6) is 5.75 Å². The summed E-state index contributed by atoms with van der Waals surface area (Å²) in [6.45, 7) is 4.06. The molecule has 0 radical (unpaired) electrons. The highest BCUT2D eigenvalue weighted by Crippen LogP contribution is 2.14. The molecule has 0 fully saturated rings. The van der Waals surface area contributed by atoms with E-state index in [1.54, 1.807) is 7.11 Å². The van der Waals surface area contributed by atoms with E-state index in [2.05, 4.69) is 22.3 Å². The molecule has 0 unspecified atom stereocenters. The fraction of sp³-hybridized carbons (Fsp3) is 0.333. The van der Waals surface area contributed by atoms with Gasteiger partial charge in [-0.25, -0.2) is 0 Å². The number of aryl methyl sites for hydroxylation is 2. The SMILES string of the molecule is COc1ccc(C#CCNC(=O)CCc2c(C)noc2C)cc1. The molecule has 0 atom stereocenters. The Kier molecular flexibility index (Phi) is 5.81. The van der Waals surface area contributed by atoms with Gasteiger partial charge >= 0.3 is 0 Å². The van der Waals surface area contributed by atoms with Gasteiger partial charge in [0.2, 0.25) is 5.91 Å². The predicted molar refractivity (Wildman–Crippen MR) is 87.2 cm³/mol. The molecule has 1 aromatic carbocycles. The largest absolute Gasteiger partial charge is 0.497 e. The first-order valence-corrected chi connectivity index (χ1v) is 7.41. The van der Waals surface area contributed by atoms with Crippen LogP contribution in [0, 0.1) is 25.7 Å². The van der Waals surface area contributed by atoms with Gasteiger partial charge in [0.15, 0.2) is 0 Å². The van der Waals surface area contributed by atoms with E-state index in [-0.39, 0.29) is 5.91 Å². The van der Waals surface area contributed by atoms with E-state index < -0.39 is 0 Å². The van der Waals surface area contributed by atoms with Crippen molar-refractivity contribution in [1.82, 2.24) is 10.5 Å². The molecule has 1 aromatic heterocycles. The van der Waals surface area contributed by atoms with Gasteiger partial charge in [-0.3, -0.25) is 4.79 Å². The highest BCUT2D eigenvalue weighted by molar-refractivity contribution is 5.76. The van der Waals surface area contributed by atoms with E-state index in [0.29, 0.717) is 19.4 Å². The molecular formula is C18H20N2O3. The number of hydrogen-bond acceptors (Lipinski definition) is 4. The van der Waals surface area contributed by atoms with Gasteiger partial charge in [0.25, 0.3) is 0 Å². The van der Waals surface area contributed by atoms with Gasteiger partial charge in [0.1, 0.15) is 11.5 Å². The zero-order valence-corrected chi connectivity index (χ0v) is 13.6. The van der Waals surface area contributed by atoms with Crippen molar-refractivity contribution in [2.75, 3.05) is 13.7 Å². The molecule has 1 heterocycles. The van der Waals surface area contributed by atoms with Crippen LogP contribution in [-0.2, 0) is 11.2 Å². The third kappa shape index (κ3) is 4.89. The number of nitrogens with one attached hydrogen (secondary N) is 1. The van der Waals surface area contributed by atoms with Crippen molar-refractivity contribution >= 4 is 5.91 Å². The van der Waals surface area contributed by atoms with Gasteiger partial charge in [-0.15, -0.1) is 0 Å². The second kappa shape index (κ2) is 8.04. The Labute approximate surface area is 136 Å². The molecule has 5 nitrogen and oxygen atoms in total. The normalized spacial score (nSPS) is 9.87. The second-order valence-corrected chi connectivity index (χ2v) is 5.11. The fourth-order valence-electron chi connectivity index (χ4n) is 2.15. The molecule has 1 amide bonds. The summed E-state index contributed by atoms with van der Waals surface area (Å²) < 4.78 is 10.2. The predicted octanol–water partition coefficient (Wildman–Crippen LogP) is 2.40. The summed E-state index contributed by atoms with van der Waals surface area (Å²) in [7, 11) is 1.62. The lowest BCUT2D eigenvalue weighted by Gasteiger charge is -2.01. The number of carbonyl (C=O) groups excluding carboxylic acids is 1. The number of ether oxygens (including phenoxy) is 1. The maximum absolute atomic E-state index is 11.8. The summed E-state index contributed by atoms with van der Waals surface area (Å²) in [6, 6.07) is 7.47. The maximum atomic E-state index is 11.8. The van der Waals surface area contributed by atoms with E-state index in [9.17, 15) is 4.79 Å². The summed E-state index contributed by atoms with van der Waals surface area (Å²) in [5, 5.41) is 6.67. The number of rotatable bonds is 5. The minimum atomic E-state index is -0.0333. The van der Waals surface area contributed by atoms with Crippen molar-refractivity contribution in [2.45, 2.75) is 26.7 Å². The van der Waals surface area contributed by atoms with E-state index in [1.807, 2.05) is 38.1 Å². The Morgan fingerprint density at radius 3 is 2.65 bits per heavy atom. The molecule has 2 aromatic rings. The lowest BCUT2D eigenvalue weighted by Crippen LogP contribution is -2.23. The Hall–Kier alpha value is -2.74. The monoisotopic (exact) mass is 312 g/mol. The molecule has 0 bridgehead atoms. The number of methoxy groups -OCH3 is 1. The number of nitrogens with zero attached hydrogens (tertiary/aromatic N) is 1. The molecular weight excluding hydrogens is 292 g/mol. The van der Waals surface area contributed by atoms with E-state index in [4.69, 9.17) is 9.26 Å². The van der Waals surface area contributed by atoms with Gasteiger partial charge in [-0.05, 0) is 44.5 Å². The van der Waals surface area contributed by atoms with Crippen LogP contribution in [0.3, 0.4) is 0 Å². The highest BCUT2D eigenvalue weighted by Gasteiger charge is 2.10. The molecule has 2 rings (SSSR count). The van der Waals surface area contributed by atoms with Crippen LogP contribution in [0.25, 0.3) is 0 Å². The molecule has 0 aliphatic carbocycles. The van der Waals surface area contributed by atoms with Crippen LogP contribution in [-0.4, -0.2) is 24.7 Å². The van der Waals surface area contributed by atoms with Crippen molar-refractivity contribution in [1.29, 1.82) is 0 Å². The van der Waals surface area contributed by atoms with Crippen molar-refractivity contribution < 1.29 is 14.1 Å². The van der Waals surface area contributed by atoms with Gasteiger partial charge in [-0.2, -0.15) is 0 Å². The molecule has 0 saturated carbocycles. The standard InChI is InChI=1S/C18H20N2O3/c1-13-17(14(2)23-20-13)10-11-18(21)19-12-4-5-15-6-8-16(22-3)9-7-15/h6-9H,10-12H2,1-3H3,(H,19,21). The quantitative estimate of drug-likeness (QED) is 0.861. The Morgan fingerprint density at radius 2 is 2.04 bits per heavy atom. The minimum Gasteiger partial charge on any atom is -0.497 e. The maximum Gasteiger partial charge on any atom is 0.221 e. The molecule has 0 spiro atoms. The van der Waals surface area contributed by atoms with E-state index in [1.165, 1.54) is 0 Å². The Bertz CT molecular complexity index is 701. The number of hydrogen-bond donors (Lipinski definition) is 1. The molecule has 0 aliphatic heterocycles. The summed E-state index contributed by atoms with van der Waals surface area (Å²) >= 11 is 0. The summed E-state index contributed by atoms with van der Waals surface area (Å²) in [6.07, 6.45) is 1.02. The number of amides is 1. The van der Waals surface area contributed by atoms with Crippen LogP contribution >= 0.6 is 0 Å². The average molecular weight is 312 g/mol. The van der Waals surface area contributed by atoms with Crippen LogP contribution < -0.4 is 10.1 Å². The highest BCUT2D eigenvalue weighted by atomic mass is 16.5. The topological polar surface area (TPSA) is 64.4 Å². The van der Waals surface area contributed by atoms with Gasteiger partial charge in [0.05, 0.1) is 19.3 Å². The average Bonchev–Trinajstić information content (AvgIpc) is 2.88. The van der Waals surface area contributed by atoms with Gasteiger partial charge < -0.3 is 14.6 Å². The molecule has 0 aliphatic rings. The molecule has 0 saturated heterocycles. The number of benzene rings is 1. The van der Waals surface area contributed by atoms with Crippen LogP contribution in [0.15, 0.2) is 28.8 Å². The molecule has 23 heavy (non-hydrogen) atoms. The van der Waals surface area contributed by atoms with Crippen molar-refractivity contribution in [3.63, 3.8) is 0 Å². The summed E-state index contributed by atoms with van der Waals surface area (Å²) in [4.78, 5) is 11.8. The lowest BCUT2D eigenvalue weighted by atomic mass is 10.1. The second-order valence-electron chi connectivity index (χ2n) is 5.11. The lowest BCUT2D eigenvalue weighted by molar-refractivity contribution is -0.120. The van der Waals surface area contributed by atoms with E-state index >= 15 is 0 Å². The van der Waals surface area contributed by atoms with Crippen molar-refractivity contribution in [3.8, 4) is 17.6 Å². The summed E-state index contributed by atoms with van der Waals surface area (Å²) in [5.74, 6) is 7.46.